The van der Waals surface area contributed by atoms with E-state index in [9.17, 15) is 5.11 Å². The summed E-state index contributed by atoms with van der Waals surface area (Å²) < 4.78 is 4.96. The number of hydrogen-bond acceptors (Lipinski definition) is 5. The Morgan fingerprint density at radius 3 is 2.93 bits per heavy atom. The molecule has 0 bridgehead atoms. The molecule has 0 aliphatic heterocycles. The third-order valence-electron chi connectivity index (χ3n) is 1.63. The minimum absolute atomic E-state index is 0.268. The molecule has 4 nitrogen and oxygen atoms in total. The summed E-state index contributed by atoms with van der Waals surface area (Å²) in [6.45, 7) is 1.57. The standard InChI is InChI=1S/C8H7ClN2O2S/c1-4(12)7-10-8(13-11-7)6-5(9)2-3-14-6/h2-4,12H,1H3. The SMILES string of the molecule is CC(O)c1noc(-c2sccc2Cl)n1. The van der Waals surface area contributed by atoms with Crippen molar-refractivity contribution in [2.75, 3.05) is 0 Å². The van der Waals surface area contributed by atoms with Crippen LogP contribution in [-0.2, 0) is 0 Å². The first kappa shape index (κ1) is 9.64. The smallest absolute Gasteiger partial charge is 0.269 e. The normalized spacial score (nSPS) is 13.1. The van der Waals surface area contributed by atoms with E-state index in [0.29, 0.717) is 10.9 Å². The van der Waals surface area contributed by atoms with Crippen LogP contribution < -0.4 is 0 Å². The van der Waals surface area contributed by atoms with Crippen molar-refractivity contribution in [1.82, 2.24) is 10.1 Å². The summed E-state index contributed by atoms with van der Waals surface area (Å²) in [5, 5.41) is 15.2. The summed E-state index contributed by atoms with van der Waals surface area (Å²) in [4.78, 5) is 4.74. The number of thiophene rings is 1. The van der Waals surface area contributed by atoms with Gasteiger partial charge in [0.25, 0.3) is 5.89 Å². The molecule has 0 radical (unpaired) electrons. The molecule has 2 rings (SSSR count). The van der Waals surface area contributed by atoms with Crippen LogP contribution in [0.25, 0.3) is 10.8 Å². The first-order valence-corrected chi connectivity index (χ1v) is 5.19. The van der Waals surface area contributed by atoms with Gasteiger partial charge in [-0.3, -0.25) is 0 Å². The van der Waals surface area contributed by atoms with Gasteiger partial charge in [0.15, 0.2) is 5.82 Å². The number of nitrogens with zero attached hydrogens (tertiary/aromatic N) is 2. The Kier molecular flexibility index (Phi) is 2.54. The van der Waals surface area contributed by atoms with Crippen LogP contribution in [-0.4, -0.2) is 15.2 Å². The second-order valence-corrected chi connectivity index (χ2v) is 4.05. The zero-order valence-corrected chi connectivity index (χ0v) is 8.84. The molecule has 0 fully saturated rings. The van der Waals surface area contributed by atoms with Crippen LogP contribution in [0.15, 0.2) is 16.0 Å². The molecule has 2 heterocycles. The fourth-order valence-corrected chi connectivity index (χ4v) is 2.00. The zero-order chi connectivity index (χ0) is 10.1. The van der Waals surface area contributed by atoms with Crippen molar-refractivity contribution in [3.63, 3.8) is 0 Å². The molecule has 14 heavy (non-hydrogen) atoms. The van der Waals surface area contributed by atoms with E-state index in [2.05, 4.69) is 10.1 Å². The molecule has 74 valence electrons. The Morgan fingerprint density at radius 1 is 1.64 bits per heavy atom. The van der Waals surface area contributed by atoms with Gasteiger partial charge in [-0.2, -0.15) is 4.98 Å². The highest BCUT2D eigenvalue weighted by Crippen LogP contribution is 2.32. The van der Waals surface area contributed by atoms with Gasteiger partial charge in [-0.1, -0.05) is 16.8 Å². The maximum absolute atomic E-state index is 9.19. The lowest BCUT2D eigenvalue weighted by Crippen LogP contribution is -1.92. The van der Waals surface area contributed by atoms with E-state index in [-0.39, 0.29) is 5.82 Å². The number of rotatable bonds is 2. The number of aliphatic hydroxyl groups is 1. The second kappa shape index (κ2) is 3.68. The first-order chi connectivity index (χ1) is 6.68. The number of aromatic nitrogens is 2. The highest BCUT2D eigenvalue weighted by Gasteiger charge is 2.15. The summed E-state index contributed by atoms with van der Waals surface area (Å²) in [5.41, 5.74) is 0. The van der Waals surface area contributed by atoms with Crippen molar-refractivity contribution in [2.24, 2.45) is 0 Å². The molecule has 6 heteroatoms. The van der Waals surface area contributed by atoms with Crippen LogP contribution in [0.4, 0.5) is 0 Å². The van der Waals surface area contributed by atoms with Crippen molar-refractivity contribution in [3.05, 3.63) is 22.3 Å². The molecule has 1 N–H and O–H groups in total. The predicted octanol–water partition coefficient (Wildman–Crippen LogP) is 2.50. The lowest BCUT2D eigenvalue weighted by atomic mass is 10.4. The molecule has 2 aromatic rings. The summed E-state index contributed by atoms with van der Waals surface area (Å²) in [7, 11) is 0. The summed E-state index contributed by atoms with van der Waals surface area (Å²) in [6, 6.07) is 1.76. The molecule has 0 aromatic carbocycles. The summed E-state index contributed by atoms with van der Waals surface area (Å²) >= 11 is 7.30. The predicted molar refractivity (Wildman–Crippen MR) is 53.3 cm³/mol. The van der Waals surface area contributed by atoms with Crippen LogP contribution in [0.5, 0.6) is 0 Å². The first-order valence-electron chi connectivity index (χ1n) is 3.93. The van der Waals surface area contributed by atoms with Gasteiger partial charge in [-0.15, -0.1) is 11.3 Å². The molecule has 0 saturated carbocycles. The summed E-state index contributed by atoms with van der Waals surface area (Å²) in [5.74, 6) is 0.616. The topological polar surface area (TPSA) is 59.2 Å². The van der Waals surface area contributed by atoms with Crippen LogP contribution in [0.2, 0.25) is 5.02 Å². The lowest BCUT2D eigenvalue weighted by molar-refractivity contribution is 0.184. The molecule has 1 unspecified atom stereocenters. The third kappa shape index (κ3) is 1.66. The van der Waals surface area contributed by atoms with Crippen LogP contribution in [0.1, 0.15) is 18.9 Å². The van der Waals surface area contributed by atoms with E-state index in [1.54, 1.807) is 13.0 Å². The average molecular weight is 231 g/mol. The maximum atomic E-state index is 9.19. The fourth-order valence-electron chi connectivity index (χ4n) is 0.943. The highest BCUT2D eigenvalue weighted by atomic mass is 35.5. The van der Waals surface area contributed by atoms with Crippen LogP contribution in [0, 0.1) is 0 Å². The highest BCUT2D eigenvalue weighted by molar-refractivity contribution is 7.14. The molecule has 0 amide bonds. The van der Waals surface area contributed by atoms with Gasteiger partial charge < -0.3 is 9.63 Å². The van der Waals surface area contributed by atoms with Gasteiger partial charge in [0.05, 0.1) is 5.02 Å². The molecule has 2 aromatic heterocycles. The Morgan fingerprint density at radius 2 is 2.43 bits per heavy atom. The molecule has 1 atom stereocenters. The van der Waals surface area contributed by atoms with E-state index >= 15 is 0 Å². The Balaban J connectivity index is 2.39. The van der Waals surface area contributed by atoms with E-state index < -0.39 is 6.10 Å². The second-order valence-electron chi connectivity index (χ2n) is 2.73. The van der Waals surface area contributed by atoms with Crippen LogP contribution in [0.3, 0.4) is 0 Å². The zero-order valence-electron chi connectivity index (χ0n) is 7.27. The number of halogens is 1. The average Bonchev–Trinajstić information content (AvgIpc) is 2.71. The molecular formula is C8H7ClN2O2S. The monoisotopic (exact) mass is 230 g/mol. The van der Waals surface area contributed by atoms with Gasteiger partial charge in [-0.05, 0) is 18.4 Å². The largest absolute Gasteiger partial charge is 0.385 e. The molecule has 0 spiro atoms. The number of hydrogen-bond donors (Lipinski definition) is 1. The minimum Gasteiger partial charge on any atom is -0.385 e. The van der Waals surface area contributed by atoms with Crippen molar-refractivity contribution in [2.45, 2.75) is 13.0 Å². The van der Waals surface area contributed by atoms with E-state index in [4.69, 9.17) is 16.1 Å². The summed E-state index contributed by atoms with van der Waals surface area (Å²) in [6.07, 6.45) is -0.730. The van der Waals surface area contributed by atoms with Gasteiger partial charge in [0.1, 0.15) is 11.0 Å². The van der Waals surface area contributed by atoms with Gasteiger partial charge in [-0.25, -0.2) is 0 Å². The molecule has 0 aliphatic rings. The maximum Gasteiger partial charge on any atom is 0.269 e. The fraction of sp³-hybridized carbons (Fsp3) is 0.250. The van der Waals surface area contributed by atoms with Gasteiger partial charge in [0, 0.05) is 0 Å². The molecule has 0 saturated heterocycles. The molecular weight excluding hydrogens is 224 g/mol. The third-order valence-corrected chi connectivity index (χ3v) is 2.96. The minimum atomic E-state index is -0.730. The Bertz CT molecular complexity index is 438. The number of aliphatic hydroxyl groups excluding tert-OH is 1. The quantitative estimate of drug-likeness (QED) is 0.861. The van der Waals surface area contributed by atoms with Crippen molar-refractivity contribution in [3.8, 4) is 10.8 Å². The Labute approximate surface area is 89.1 Å². The van der Waals surface area contributed by atoms with Gasteiger partial charge in [0.2, 0.25) is 0 Å². The van der Waals surface area contributed by atoms with E-state index in [1.165, 1.54) is 11.3 Å². The van der Waals surface area contributed by atoms with E-state index in [0.717, 1.165) is 4.88 Å². The Hall–Kier alpha value is -0.910. The molecule has 0 aliphatic carbocycles. The van der Waals surface area contributed by atoms with Crippen LogP contribution >= 0.6 is 22.9 Å². The lowest BCUT2D eigenvalue weighted by Gasteiger charge is -1.91. The van der Waals surface area contributed by atoms with Crippen molar-refractivity contribution >= 4 is 22.9 Å². The van der Waals surface area contributed by atoms with Crippen molar-refractivity contribution in [1.29, 1.82) is 0 Å². The van der Waals surface area contributed by atoms with Gasteiger partial charge >= 0.3 is 0 Å². The van der Waals surface area contributed by atoms with Crippen molar-refractivity contribution < 1.29 is 9.63 Å². The van der Waals surface area contributed by atoms with E-state index in [1.807, 2.05) is 5.38 Å².